The van der Waals surface area contributed by atoms with Crippen molar-refractivity contribution in [3.63, 3.8) is 0 Å². The monoisotopic (exact) mass is 374 g/mol. The SMILES string of the molecule is Cc1nc(NC(=O)COc2ccnc3c2CCCC3)sc1C(=O)N(C)C. The Kier molecular flexibility index (Phi) is 5.51. The maximum Gasteiger partial charge on any atom is 0.265 e. The third kappa shape index (κ3) is 4.01. The lowest BCUT2D eigenvalue weighted by molar-refractivity contribution is -0.118. The van der Waals surface area contributed by atoms with E-state index in [1.54, 1.807) is 33.3 Å². The number of amides is 2. The lowest BCUT2D eigenvalue weighted by atomic mass is 9.95. The molecular formula is C18H22N4O3S. The first-order valence-electron chi connectivity index (χ1n) is 8.54. The molecule has 0 saturated carbocycles. The van der Waals surface area contributed by atoms with Crippen molar-refractivity contribution < 1.29 is 14.3 Å². The number of aromatic nitrogens is 2. The highest BCUT2D eigenvalue weighted by molar-refractivity contribution is 7.17. The summed E-state index contributed by atoms with van der Waals surface area (Å²) in [6, 6.07) is 1.80. The van der Waals surface area contributed by atoms with Crippen LogP contribution in [-0.4, -0.2) is 47.4 Å². The van der Waals surface area contributed by atoms with Crippen LogP contribution < -0.4 is 10.1 Å². The molecule has 0 bridgehead atoms. The highest BCUT2D eigenvalue weighted by Gasteiger charge is 2.19. The van der Waals surface area contributed by atoms with E-state index in [4.69, 9.17) is 4.74 Å². The van der Waals surface area contributed by atoms with Gasteiger partial charge in [0.2, 0.25) is 0 Å². The number of hydrogen-bond donors (Lipinski definition) is 1. The maximum atomic E-state index is 12.2. The van der Waals surface area contributed by atoms with Gasteiger partial charge in [0, 0.05) is 31.5 Å². The Labute approximate surface area is 156 Å². The van der Waals surface area contributed by atoms with Crippen molar-refractivity contribution in [2.24, 2.45) is 0 Å². The molecule has 2 aromatic rings. The maximum absolute atomic E-state index is 12.2. The van der Waals surface area contributed by atoms with Crippen LogP contribution in [0.5, 0.6) is 5.75 Å². The summed E-state index contributed by atoms with van der Waals surface area (Å²) >= 11 is 1.17. The van der Waals surface area contributed by atoms with Crippen LogP contribution in [0, 0.1) is 6.92 Å². The van der Waals surface area contributed by atoms with Gasteiger partial charge in [0.05, 0.1) is 5.69 Å². The summed E-state index contributed by atoms with van der Waals surface area (Å²) < 4.78 is 5.71. The molecule has 0 fully saturated rings. The minimum atomic E-state index is -0.302. The number of hydrogen-bond acceptors (Lipinski definition) is 6. The van der Waals surface area contributed by atoms with Gasteiger partial charge >= 0.3 is 0 Å². The summed E-state index contributed by atoms with van der Waals surface area (Å²) in [7, 11) is 3.37. The van der Waals surface area contributed by atoms with Crippen molar-refractivity contribution in [1.82, 2.24) is 14.9 Å². The van der Waals surface area contributed by atoms with E-state index in [0.717, 1.165) is 42.7 Å². The molecular weight excluding hydrogens is 352 g/mol. The largest absolute Gasteiger partial charge is 0.483 e. The van der Waals surface area contributed by atoms with E-state index < -0.39 is 0 Å². The molecule has 0 radical (unpaired) electrons. The first-order chi connectivity index (χ1) is 12.5. The molecule has 3 rings (SSSR count). The normalized spacial score (nSPS) is 13.0. The Balaban J connectivity index is 1.62. The van der Waals surface area contributed by atoms with Gasteiger partial charge in [-0.1, -0.05) is 11.3 Å². The fraction of sp³-hybridized carbons (Fsp3) is 0.444. The zero-order valence-corrected chi connectivity index (χ0v) is 16.0. The summed E-state index contributed by atoms with van der Waals surface area (Å²) in [4.78, 5) is 34.9. The summed E-state index contributed by atoms with van der Waals surface area (Å²) in [5, 5.41) is 3.11. The van der Waals surface area contributed by atoms with Crippen LogP contribution in [0.25, 0.3) is 0 Å². The molecule has 2 aromatic heterocycles. The van der Waals surface area contributed by atoms with Crippen molar-refractivity contribution in [1.29, 1.82) is 0 Å². The zero-order valence-electron chi connectivity index (χ0n) is 15.2. The van der Waals surface area contributed by atoms with E-state index in [1.165, 1.54) is 16.2 Å². The summed E-state index contributed by atoms with van der Waals surface area (Å²) in [5.74, 6) is 0.299. The molecule has 2 amide bonds. The number of carbonyl (C=O) groups is 2. The molecule has 26 heavy (non-hydrogen) atoms. The number of rotatable bonds is 5. The van der Waals surface area contributed by atoms with E-state index in [-0.39, 0.29) is 18.4 Å². The molecule has 0 aliphatic heterocycles. The highest BCUT2D eigenvalue weighted by atomic mass is 32.1. The molecule has 7 nitrogen and oxygen atoms in total. The quantitative estimate of drug-likeness (QED) is 0.869. The van der Waals surface area contributed by atoms with Crippen LogP contribution in [0.15, 0.2) is 12.3 Å². The molecule has 8 heteroatoms. The van der Waals surface area contributed by atoms with Crippen molar-refractivity contribution >= 4 is 28.3 Å². The molecule has 1 N–H and O–H groups in total. The Morgan fingerprint density at radius 3 is 2.85 bits per heavy atom. The summed E-state index contributed by atoms with van der Waals surface area (Å²) in [6.45, 7) is 1.65. The van der Waals surface area contributed by atoms with Crippen LogP contribution in [0.3, 0.4) is 0 Å². The van der Waals surface area contributed by atoms with E-state index >= 15 is 0 Å². The second-order valence-corrected chi connectivity index (χ2v) is 7.41. The van der Waals surface area contributed by atoms with Crippen LogP contribution in [0.4, 0.5) is 5.13 Å². The molecule has 0 atom stereocenters. The molecule has 0 unspecified atom stereocenters. The zero-order chi connectivity index (χ0) is 18.7. The van der Waals surface area contributed by atoms with Crippen LogP contribution in [0.2, 0.25) is 0 Å². The van der Waals surface area contributed by atoms with Crippen LogP contribution in [-0.2, 0) is 17.6 Å². The minimum absolute atomic E-state index is 0.105. The Bertz CT molecular complexity index is 832. The molecule has 2 heterocycles. The number of anilines is 1. The summed E-state index contributed by atoms with van der Waals surface area (Å²) in [5.41, 5.74) is 2.78. The number of ether oxygens (including phenoxy) is 1. The Morgan fingerprint density at radius 2 is 2.08 bits per heavy atom. The van der Waals surface area contributed by atoms with Crippen molar-refractivity contribution in [3.8, 4) is 5.75 Å². The van der Waals surface area contributed by atoms with Gasteiger partial charge in [-0.25, -0.2) is 4.98 Å². The number of nitrogens with zero attached hydrogens (tertiary/aromatic N) is 3. The molecule has 1 aliphatic carbocycles. The molecule has 0 saturated heterocycles. The second-order valence-electron chi connectivity index (χ2n) is 6.41. The van der Waals surface area contributed by atoms with Crippen molar-refractivity contribution in [3.05, 3.63) is 34.1 Å². The third-order valence-electron chi connectivity index (χ3n) is 4.19. The number of fused-ring (bicyclic) bond motifs is 1. The van der Waals surface area contributed by atoms with E-state index in [0.29, 0.717) is 15.7 Å². The van der Waals surface area contributed by atoms with Crippen LogP contribution in [0.1, 0.15) is 39.5 Å². The third-order valence-corrected chi connectivity index (χ3v) is 5.26. The van der Waals surface area contributed by atoms with Gasteiger partial charge < -0.3 is 9.64 Å². The number of nitrogens with one attached hydrogen (secondary N) is 1. The minimum Gasteiger partial charge on any atom is -0.483 e. The predicted octanol–water partition coefficient (Wildman–Crippen LogP) is 2.44. The van der Waals surface area contributed by atoms with Gasteiger partial charge in [-0.3, -0.25) is 19.9 Å². The van der Waals surface area contributed by atoms with Crippen molar-refractivity contribution in [2.45, 2.75) is 32.6 Å². The molecule has 0 spiro atoms. The average Bonchev–Trinajstić information content (AvgIpc) is 2.99. The number of carbonyl (C=O) groups excluding carboxylic acids is 2. The number of thiazole rings is 1. The van der Waals surface area contributed by atoms with Gasteiger partial charge in [-0.2, -0.15) is 0 Å². The van der Waals surface area contributed by atoms with Gasteiger partial charge in [0.25, 0.3) is 11.8 Å². The summed E-state index contributed by atoms with van der Waals surface area (Å²) in [6.07, 6.45) is 5.87. The topological polar surface area (TPSA) is 84.4 Å². The van der Waals surface area contributed by atoms with Gasteiger partial charge in [-0.15, -0.1) is 0 Å². The smallest absolute Gasteiger partial charge is 0.265 e. The lowest BCUT2D eigenvalue weighted by Gasteiger charge is -2.18. The van der Waals surface area contributed by atoms with E-state index in [9.17, 15) is 9.59 Å². The Morgan fingerprint density at radius 1 is 1.31 bits per heavy atom. The van der Waals surface area contributed by atoms with E-state index in [2.05, 4.69) is 15.3 Å². The first kappa shape index (κ1) is 18.3. The average molecular weight is 374 g/mol. The predicted molar refractivity (Wildman–Crippen MR) is 99.9 cm³/mol. The highest BCUT2D eigenvalue weighted by Crippen LogP contribution is 2.28. The molecule has 1 aliphatic rings. The van der Waals surface area contributed by atoms with E-state index in [1.807, 2.05) is 0 Å². The van der Waals surface area contributed by atoms with Crippen molar-refractivity contribution in [2.75, 3.05) is 26.0 Å². The number of pyridine rings is 1. The lowest BCUT2D eigenvalue weighted by Crippen LogP contribution is -2.21. The second kappa shape index (κ2) is 7.82. The standard InChI is InChI=1S/C18H22N4O3S/c1-11-16(17(24)22(2)3)26-18(20-11)21-15(23)10-25-14-8-9-19-13-7-5-4-6-12(13)14/h8-9H,4-7,10H2,1-3H3,(H,20,21,23). The Hall–Kier alpha value is -2.48. The number of aryl methyl sites for hydroxylation is 2. The first-order valence-corrected chi connectivity index (χ1v) is 9.36. The van der Waals surface area contributed by atoms with Gasteiger partial charge in [0.1, 0.15) is 10.6 Å². The van der Waals surface area contributed by atoms with Gasteiger partial charge in [-0.05, 0) is 38.7 Å². The van der Waals surface area contributed by atoms with Gasteiger partial charge in [0.15, 0.2) is 11.7 Å². The molecule has 138 valence electrons. The fourth-order valence-corrected chi connectivity index (χ4v) is 3.88. The van der Waals surface area contributed by atoms with Crippen LogP contribution >= 0.6 is 11.3 Å². The fourth-order valence-electron chi connectivity index (χ4n) is 2.88. The molecule has 0 aromatic carbocycles.